The second-order valence-electron chi connectivity index (χ2n) is 5.79. The summed E-state index contributed by atoms with van der Waals surface area (Å²) in [5.74, 6) is 1.06. The van der Waals surface area contributed by atoms with Gasteiger partial charge in [-0.05, 0) is 29.5 Å². The Labute approximate surface area is 172 Å². The molecule has 8 heteroatoms. The van der Waals surface area contributed by atoms with E-state index < -0.39 is 0 Å². The van der Waals surface area contributed by atoms with Gasteiger partial charge >= 0.3 is 0 Å². The Morgan fingerprint density at radius 3 is 2.25 bits per heavy atom. The number of carbonyl (C=O) groups excluding carboxylic acids is 1. The summed E-state index contributed by atoms with van der Waals surface area (Å²) >= 11 is 6.94. The molecule has 0 aliphatic heterocycles. The van der Waals surface area contributed by atoms with E-state index in [2.05, 4.69) is 9.82 Å². The number of rotatable bonds is 8. The van der Waals surface area contributed by atoms with Crippen molar-refractivity contribution in [1.29, 1.82) is 0 Å². The number of ketones is 1. The zero-order valence-corrected chi connectivity index (χ0v) is 17.2. The normalized spacial score (nSPS) is 10.6. The van der Waals surface area contributed by atoms with E-state index in [0.717, 1.165) is 16.1 Å². The van der Waals surface area contributed by atoms with E-state index in [0.29, 0.717) is 35.1 Å². The van der Waals surface area contributed by atoms with Crippen LogP contribution in [0.1, 0.15) is 21.6 Å². The van der Waals surface area contributed by atoms with E-state index in [1.807, 2.05) is 24.3 Å². The van der Waals surface area contributed by atoms with Gasteiger partial charge in [-0.3, -0.25) is 4.79 Å². The predicted molar refractivity (Wildman–Crippen MR) is 110 cm³/mol. The fourth-order valence-electron chi connectivity index (χ4n) is 2.71. The lowest BCUT2D eigenvalue weighted by molar-refractivity contribution is 0.103. The Morgan fingerprint density at radius 1 is 1.07 bits per heavy atom. The summed E-state index contributed by atoms with van der Waals surface area (Å²) < 4.78 is 15.9. The van der Waals surface area contributed by atoms with Crippen LogP contribution in [0.25, 0.3) is 10.6 Å². The molecule has 0 saturated carbocycles. The van der Waals surface area contributed by atoms with Crippen molar-refractivity contribution in [3.8, 4) is 27.8 Å². The highest BCUT2D eigenvalue weighted by atomic mass is 35.5. The van der Waals surface area contributed by atoms with Crippen molar-refractivity contribution >= 4 is 28.9 Å². The highest BCUT2D eigenvalue weighted by Crippen LogP contribution is 2.39. The largest absolute Gasteiger partial charge is 0.493 e. The van der Waals surface area contributed by atoms with Gasteiger partial charge < -0.3 is 14.2 Å². The molecule has 3 aromatic rings. The van der Waals surface area contributed by atoms with Crippen LogP contribution in [0.2, 0.25) is 0 Å². The Balaban J connectivity index is 1.90. The van der Waals surface area contributed by atoms with Gasteiger partial charge in [-0.15, -0.1) is 11.3 Å². The van der Waals surface area contributed by atoms with Gasteiger partial charge in [0.15, 0.2) is 11.5 Å². The third-order valence-electron chi connectivity index (χ3n) is 4.14. The molecular weight excluding hydrogens is 400 g/mol. The number of hydrogen-bond acceptors (Lipinski definition) is 7. The summed E-state index contributed by atoms with van der Waals surface area (Å²) in [5.41, 5.74) is 2.77. The summed E-state index contributed by atoms with van der Waals surface area (Å²) in [6.07, 6.45) is 0. The van der Waals surface area contributed by atoms with Crippen molar-refractivity contribution in [3.05, 3.63) is 58.6 Å². The van der Waals surface area contributed by atoms with E-state index >= 15 is 0 Å². The number of halogens is 1. The maximum absolute atomic E-state index is 12.9. The molecular formula is C20H19ClN2O4S. The number of hydrogen-bond donors (Lipinski definition) is 1. The van der Waals surface area contributed by atoms with Gasteiger partial charge in [0.05, 0.1) is 21.3 Å². The molecule has 0 aliphatic carbocycles. The molecule has 0 saturated heterocycles. The van der Waals surface area contributed by atoms with E-state index in [-0.39, 0.29) is 5.78 Å². The molecule has 28 heavy (non-hydrogen) atoms. The van der Waals surface area contributed by atoms with Crippen molar-refractivity contribution in [3.63, 3.8) is 0 Å². The van der Waals surface area contributed by atoms with Crippen LogP contribution in [-0.4, -0.2) is 32.1 Å². The Hall–Kier alpha value is -2.61. The summed E-state index contributed by atoms with van der Waals surface area (Å²) in [7, 11) is 4.54. The zero-order chi connectivity index (χ0) is 20.1. The topological polar surface area (TPSA) is 69.7 Å². The summed E-state index contributed by atoms with van der Waals surface area (Å²) in [4.78, 5) is 20.0. The average molecular weight is 419 g/mol. The van der Waals surface area contributed by atoms with Crippen LogP contribution in [-0.2, 0) is 6.54 Å². The number of methoxy groups -OCH3 is 3. The van der Waals surface area contributed by atoms with Gasteiger partial charge in [0.1, 0.15) is 10.7 Å². The highest BCUT2D eigenvalue weighted by molar-refractivity contribution is 7.13. The maximum Gasteiger partial charge on any atom is 0.212 e. The van der Waals surface area contributed by atoms with E-state index in [9.17, 15) is 4.79 Å². The molecule has 0 spiro atoms. The van der Waals surface area contributed by atoms with E-state index in [1.54, 1.807) is 17.5 Å². The number of aromatic nitrogens is 1. The first-order chi connectivity index (χ1) is 13.6. The molecule has 6 nitrogen and oxygen atoms in total. The van der Waals surface area contributed by atoms with E-state index in [4.69, 9.17) is 26.0 Å². The van der Waals surface area contributed by atoms with Crippen LogP contribution in [0, 0.1) is 0 Å². The fourth-order valence-corrected chi connectivity index (χ4v) is 3.67. The molecule has 0 aliphatic rings. The number of benzene rings is 2. The Kier molecular flexibility index (Phi) is 6.51. The number of ether oxygens (including phenoxy) is 3. The standard InChI is InChI=1S/C20H19ClN2O4S/c1-25-16-8-14(9-17(26-2)19(16)27-3)18(24)15-11-28-20(23-15)13-6-4-12(5-7-13)10-22-21/h4-9,11,22H,10H2,1-3H3. The van der Waals surface area contributed by atoms with Crippen molar-refractivity contribution in [2.24, 2.45) is 0 Å². The molecule has 1 aromatic heterocycles. The Morgan fingerprint density at radius 2 is 1.71 bits per heavy atom. The fraction of sp³-hybridized carbons (Fsp3) is 0.200. The molecule has 0 radical (unpaired) electrons. The monoisotopic (exact) mass is 418 g/mol. The van der Waals surface area contributed by atoms with Crippen LogP contribution in [0.3, 0.4) is 0 Å². The smallest absolute Gasteiger partial charge is 0.212 e. The lowest BCUT2D eigenvalue weighted by atomic mass is 10.1. The van der Waals surface area contributed by atoms with Crippen LogP contribution in [0.5, 0.6) is 17.2 Å². The number of carbonyl (C=O) groups is 1. The lowest BCUT2D eigenvalue weighted by Crippen LogP contribution is -2.04. The molecule has 2 aromatic carbocycles. The molecule has 0 unspecified atom stereocenters. The number of nitrogens with zero attached hydrogens (tertiary/aromatic N) is 1. The second-order valence-corrected chi connectivity index (χ2v) is 6.91. The van der Waals surface area contributed by atoms with Crippen LogP contribution in [0.4, 0.5) is 0 Å². The minimum absolute atomic E-state index is 0.218. The minimum Gasteiger partial charge on any atom is -0.493 e. The third-order valence-corrected chi connectivity index (χ3v) is 5.16. The highest BCUT2D eigenvalue weighted by Gasteiger charge is 2.20. The zero-order valence-electron chi connectivity index (χ0n) is 15.6. The van der Waals surface area contributed by atoms with Crippen molar-refractivity contribution in [2.75, 3.05) is 21.3 Å². The molecule has 3 rings (SSSR count). The van der Waals surface area contributed by atoms with Gasteiger partial charge in [-0.2, -0.15) is 0 Å². The van der Waals surface area contributed by atoms with Gasteiger partial charge in [-0.25, -0.2) is 9.82 Å². The lowest BCUT2D eigenvalue weighted by Gasteiger charge is -2.13. The van der Waals surface area contributed by atoms with E-state index in [1.165, 1.54) is 32.7 Å². The van der Waals surface area contributed by atoms with Crippen LogP contribution in [0.15, 0.2) is 41.8 Å². The van der Waals surface area contributed by atoms with Crippen molar-refractivity contribution in [1.82, 2.24) is 9.82 Å². The summed E-state index contributed by atoms with van der Waals surface area (Å²) in [6.45, 7) is 0.574. The molecule has 0 fully saturated rings. The summed E-state index contributed by atoms with van der Waals surface area (Å²) in [6, 6.07) is 11.1. The Bertz CT molecular complexity index is 948. The molecule has 0 atom stereocenters. The molecule has 1 heterocycles. The van der Waals surface area contributed by atoms with Gasteiger partial charge in [0.2, 0.25) is 11.5 Å². The van der Waals surface area contributed by atoms with Gasteiger partial charge in [-0.1, -0.05) is 24.3 Å². The van der Waals surface area contributed by atoms with Crippen molar-refractivity contribution in [2.45, 2.75) is 6.54 Å². The molecule has 1 N–H and O–H groups in total. The van der Waals surface area contributed by atoms with Gasteiger partial charge in [0, 0.05) is 23.1 Å². The maximum atomic E-state index is 12.9. The molecule has 146 valence electrons. The first-order valence-corrected chi connectivity index (χ1v) is 9.60. The van der Waals surface area contributed by atoms with Crippen molar-refractivity contribution < 1.29 is 19.0 Å². The van der Waals surface area contributed by atoms with Gasteiger partial charge in [0.25, 0.3) is 0 Å². The van der Waals surface area contributed by atoms with Crippen LogP contribution >= 0.6 is 23.1 Å². The SMILES string of the molecule is COc1cc(C(=O)c2csc(-c3ccc(CNCl)cc3)n2)cc(OC)c1OC. The minimum atomic E-state index is -0.218. The second kappa shape index (κ2) is 9.05. The first-order valence-electron chi connectivity index (χ1n) is 8.34. The number of thiazole rings is 1. The molecule has 0 amide bonds. The first kappa shape index (κ1) is 20.1. The number of nitrogens with one attached hydrogen (secondary N) is 1. The van der Waals surface area contributed by atoms with Crippen LogP contribution < -0.4 is 19.0 Å². The summed E-state index contributed by atoms with van der Waals surface area (Å²) in [5, 5.41) is 2.51. The quantitative estimate of drug-likeness (QED) is 0.434. The third kappa shape index (κ3) is 4.11. The predicted octanol–water partition coefficient (Wildman–Crippen LogP) is 4.31. The molecule has 0 bridgehead atoms. The average Bonchev–Trinajstić information content (AvgIpc) is 3.23.